The zero-order valence-corrected chi connectivity index (χ0v) is 8.54. The van der Waals surface area contributed by atoms with Crippen LogP contribution in [0.1, 0.15) is 27.2 Å². The van der Waals surface area contributed by atoms with Crippen molar-refractivity contribution in [3.8, 4) is 0 Å². The van der Waals surface area contributed by atoms with E-state index in [4.69, 9.17) is 0 Å². The van der Waals surface area contributed by atoms with Crippen LogP contribution in [-0.2, 0) is 10.8 Å². The van der Waals surface area contributed by atoms with Crippen molar-refractivity contribution >= 4 is 10.8 Å². The molecule has 1 N–H and O–H groups in total. The van der Waals surface area contributed by atoms with Crippen LogP contribution in [0.25, 0.3) is 0 Å². The lowest BCUT2D eigenvalue weighted by molar-refractivity contribution is 0.610. The molecule has 2 nitrogen and oxygen atoms in total. The first-order chi connectivity index (χ1) is 5.16. The van der Waals surface area contributed by atoms with Gasteiger partial charge in [-0.2, -0.15) is 0 Å². The van der Waals surface area contributed by atoms with Gasteiger partial charge in [0.1, 0.15) is 0 Å². The Kier molecular flexibility index (Phi) is 6.87. The number of rotatable bonds is 6. The fourth-order valence-corrected chi connectivity index (χ4v) is 1.80. The molecule has 0 aliphatic carbocycles. The van der Waals surface area contributed by atoms with E-state index in [1.165, 1.54) is 0 Å². The van der Waals surface area contributed by atoms with Crippen LogP contribution < -0.4 is 5.32 Å². The molecule has 11 heavy (non-hydrogen) atoms. The number of hydrogen-bond acceptors (Lipinski definition) is 2. The topological polar surface area (TPSA) is 29.1 Å². The summed E-state index contributed by atoms with van der Waals surface area (Å²) in [7, 11) is -0.599. The van der Waals surface area contributed by atoms with Crippen molar-refractivity contribution in [2.75, 3.05) is 18.1 Å². The minimum Gasteiger partial charge on any atom is -0.314 e. The summed E-state index contributed by atoms with van der Waals surface area (Å²) in [6.07, 6.45) is 1.02. The van der Waals surface area contributed by atoms with Crippen molar-refractivity contribution in [1.82, 2.24) is 5.32 Å². The minimum atomic E-state index is -0.599. The molecule has 0 saturated carbocycles. The molecule has 0 heterocycles. The zero-order chi connectivity index (χ0) is 8.69. The smallest absolute Gasteiger partial charge is 0.0360 e. The standard InChI is InChI=1S/C8H19NOS/c1-4-6-11(10)7-5-9-8(2)3/h8-9H,4-7H2,1-3H3. The molecule has 0 radical (unpaired) electrons. The zero-order valence-electron chi connectivity index (χ0n) is 7.72. The van der Waals surface area contributed by atoms with Crippen molar-refractivity contribution in [1.29, 1.82) is 0 Å². The van der Waals surface area contributed by atoms with Crippen LogP contribution in [0.2, 0.25) is 0 Å². The Morgan fingerprint density at radius 2 is 2.00 bits per heavy atom. The third-order valence-electron chi connectivity index (χ3n) is 1.31. The first-order valence-electron chi connectivity index (χ1n) is 4.25. The summed E-state index contributed by atoms with van der Waals surface area (Å²) in [6.45, 7) is 7.14. The summed E-state index contributed by atoms with van der Waals surface area (Å²) in [4.78, 5) is 0. The third-order valence-corrected chi connectivity index (χ3v) is 2.84. The van der Waals surface area contributed by atoms with Gasteiger partial charge in [-0.3, -0.25) is 4.21 Å². The molecule has 3 heteroatoms. The van der Waals surface area contributed by atoms with Gasteiger partial charge < -0.3 is 5.32 Å². The van der Waals surface area contributed by atoms with Crippen LogP contribution in [0, 0.1) is 0 Å². The van der Waals surface area contributed by atoms with Crippen molar-refractivity contribution < 1.29 is 4.21 Å². The lowest BCUT2D eigenvalue weighted by Gasteiger charge is -2.06. The summed E-state index contributed by atoms with van der Waals surface area (Å²) in [5.41, 5.74) is 0. The third kappa shape index (κ3) is 8.01. The van der Waals surface area contributed by atoms with Crippen molar-refractivity contribution in [2.45, 2.75) is 33.2 Å². The highest BCUT2D eigenvalue weighted by molar-refractivity contribution is 7.84. The van der Waals surface area contributed by atoms with Crippen LogP contribution >= 0.6 is 0 Å². The van der Waals surface area contributed by atoms with E-state index in [-0.39, 0.29) is 0 Å². The van der Waals surface area contributed by atoms with Crippen molar-refractivity contribution in [3.63, 3.8) is 0 Å². The molecule has 1 unspecified atom stereocenters. The molecule has 0 fully saturated rings. The predicted octanol–water partition coefficient (Wildman–Crippen LogP) is 1.14. The van der Waals surface area contributed by atoms with Crippen LogP contribution in [0.3, 0.4) is 0 Å². The second kappa shape index (κ2) is 6.80. The highest BCUT2D eigenvalue weighted by Gasteiger charge is 1.97. The predicted molar refractivity (Wildman–Crippen MR) is 51.3 cm³/mol. The van der Waals surface area contributed by atoms with E-state index < -0.39 is 10.8 Å². The molecule has 68 valence electrons. The van der Waals surface area contributed by atoms with Gasteiger partial charge in [0.25, 0.3) is 0 Å². The first-order valence-corrected chi connectivity index (χ1v) is 5.74. The van der Waals surface area contributed by atoms with Gasteiger partial charge in [0, 0.05) is 34.9 Å². The van der Waals surface area contributed by atoms with E-state index in [1.54, 1.807) is 0 Å². The lowest BCUT2D eigenvalue weighted by Crippen LogP contribution is -2.27. The summed E-state index contributed by atoms with van der Waals surface area (Å²) >= 11 is 0. The van der Waals surface area contributed by atoms with E-state index in [2.05, 4.69) is 26.1 Å². The molecule has 1 atom stereocenters. The Balaban J connectivity index is 3.17. The average Bonchev–Trinajstić information content (AvgIpc) is 1.87. The van der Waals surface area contributed by atoms with Crippen LogP contribution in [0.4, 0.5) is 0 Å². The Labute approximate surface area is 72.2 Å². The largest absolute Gasteiger partial charge is 0.314 e. The van der Waals surface area contributed by atoms with Gasteiger partial charge in [0.2, 0.25) is 0 Å². The molecule has 0 bridgehead atoms. The summed E-state index contributed by atoms with van der Waals surface area (Å²) in [6, 6.07) is 0.508. The van der Waals surface area contributed by atoms with Gasteiger partial charge in [0.15, 0.2) is 0 Å². The van der Waals surface area contributed by atoms with Gasteiger partial charge in [-0.05, 0) is 6.42 Å². The van der Waals surface area contributed by atoms with E-state index in [9.17, 15) is 4.21 Å². The summed E-state index contributed by atoms with van der Waals surface area (Å²) in [5.74, 6) is 1.64. The van der Waals surface area contributed by atoms with E-state index in [0.717, 1.165) is 24.5 Å². The summed E-state index contributed by atoms with van der Waals surface area (Å²) < 4.78 is 11.1. The Hall–Kier alpha value is 0.110. The Morgan fingerprint density at radius 1 is 1.36 bits per heavy atom. The molecule has 0 aromatic rings. The quantitative estimate of drug-likeness (QED) is 0.659. The van der Waals surface area contributed by atoms with Crippen LogP contribution in [0.5, 0.6) is 0 Å². The van der Waals surface area contributed by atoms with Crippen molar-refractivity contribution in [3.05, 3.63) is 0 Å². The van der Waals surface area contributed by atoms with Gasteiger partial charge in [0.05, 0.1) is 0 Å². The molecule has 0 aliphatic heterocycles. The van der Waals surface area contributed by atoms with E-state index >= 15 is 0 Å². The normalized spacial score (nSPS) is 13.8. The Bertz CT molecular complexity index is 115. The highest BCUT2D eigenvalue weighted by atomic mass is 32.2. The monoisotopic (exact) mass is 177 g/mol. The molecule has 0 rings (SSSR count). The second-order valence-electron chi connectivity index (χ2n) is 2.96. The Morgan fingerprint density at radius 3 is 2.45 bits per heavy atom. The molecular formula is C8H19NOS. The maximum atomic E-state index is 11.1. The molecule has 0 spiro atoms. The van der Waals surface area contributed by atoms with Gasteiger partial charge in [-0.1, -0.05) is 20.8 Å². The van der Waals surface area contributed by atoms with Crippen molar-refractivity contribution in [2.24, 2.45) is 0 Å². The second-order valence-corrected chi connectivity index (χ2v) is 4.65. The number of nitrogens with one attached hydrogen (secondary N) is 1. The highest BCUT2D eigenvalue weighted by Crippen LogP contribution is 1.86. The van der Waals surface area contributed by atoms with E-state index in [1.807, 2.05) is 0 Å². The summed E-state index contributed by atoms with van der Waals surface area (Å²) in [5, 5.41) is 3.24. The fraction of sp³-hybridized carbons (Fsp3) is 1.00. The fourth-order valence-electron chi connectivity index (χ4n) is 0.791. The van der Waals surface area contributed by atoms with Gasteiger partial charge >= 0.3 is 0 Å². The maximum absolute atomic E-state index is 11.1. The number of hydrogen-bond donors (Lipinski definition) is 1. The van der Waals surface area contributed by atoms with E-state index in [0.29, 0.717) is 6.04 Å². The SMILES string of the molecule is CCCS(=O)CCNC(C)C. The molecular weight excluding hydrogens is 158 g/mol. The minimum absolute atomic E-state index is 0.508. The molecule has 0 aliphatic rings. The molecule has 0 aromatic heterocycles. The molecule has 0 amide bonds. The molecule has 0 aromatic carbocycles. The van der Waals surface area contributed by atoms with Gasteiger partial charge in [-0.25, -0.2) is 0 Å². The average molecular weight is 177 g/mol. The molecule has 0 saturated heterocycles. The van der Waals surface area contributed by atoms with Crippen LogP contribution in [0.15, 0.2) is 0 Å². The van der Waals surface area contributed by atoms with Crippen LogP contribution in [-0.4, -0.2) is 28.3 Å². The maximum Gasteiger partial charge on any atom is 0.0360 e. The lowest BCUT2D eigenvalue weighted by atomic mass is 10.4. The first kappa shape index (κ1) is 11.1. The van der Waals surface area contributed by atoms with Gasteiger partial charge in [-0.15, -0.1) is 0 Å².